The lowest BCUT2D eigenvalue weighted by atomic mass is 9.98. The Morgan fingerprint density at radius 2 is 2.00 bits per heavy atom. The van der Waals surface area contributed by atoms with Crippen molar-refractivity contribution in [2.45, 2.75) is 12.8 Å². The highest BCUT2D eigenvalue weighted by atomic mass is 32.1. The van der Waals surface area contributed by atoms with E-state index in [1.165, 1.54) is 24.4 Å². The van der Waals surface area contributed by atoms with Crippen LogP contribution in [0.15, 0.2) is 30.3 Å². The zero-order valence-corrected chi connectivity index (χ0v) is 12.5. The fourth-order valence-electron chi connectivity index (χ4n) is 2.58. The van der Waals surface area contributed by atoms with Gasteiger partial charge in [0.25, 0.3) is 0 Å². The third kappa shape index (κ3) is 2.99. The molecule has 1 saturated heterocycles. The van der Waals surface area contributed by atoms with Crippen molar-refractivity contribution >= 4 is 16.7 Å². The molecule has 0 bridgehead atoms. The van der Waals surface area contributed by atoms with E-state index >= 15 is 0 Å². The number of methoxy groups -OCH3 is 1. The van der Waals surface area contributed by atoms with Crippen LogP contribution in [-0.4, -0.2) is 36.2 Å². The minimum absolute atomic E-state index is 0.692. The summed E-state index contributed by atoms with van der Waals surface area (Å²) in [6.45, 7) is 2.98. The lowest BCUT2D eigenvalue weighted by molar-refractivity contribution is 0.139. The third-order valence-electron chi connectivity index (χ3n) is 3.73. The van der Waals surface area contributed by atoms with Gasteiger partial charge < -0.3 is 9.64 Å². The smallest absolute Gasteiger partial charge is 0.205 e. The fourth-order valence-corrected chi connectivity index (χ4v) is 3.31. The summed E-state index contributed by atoms with van der Waals surface area (Å²) in [5.41, 5.74) is 1.09. The summed E-state index contributed by atoms with van der Waals surface area (Å²) in [5, 5.41) is 1.04. The molecule has 2 heterocycles. The van der Waals surface area contributed by atoms with Gasteiger partial charge in [0.15, 0.2) is 5.82 Å². The minimum atomic E-state index is 0.692. The van der Waals surface area contributed by atoms with Gasteiger partial charge in [0.2, 0.25) is 5.13 Å². The number of ether oxygens (including phenoxy) is 1. The van der Waals surface area contributed by atoms with Crippen molar-refractivity contribution in [3.63, 3.8) is 0 Å². The second-order valence-corrected chi connectivity index (χ2v) is 5.88. The van der Waals surface area contributed by atoms with E-state index in [0.717, 1.165) is 36.2 Å². The molecule has 1 aromatic carbocycles. The van der Waals surface area contributed by atoms with Crippen LogP contribution in [0.5, 0.6) is 0 Å². The van der Waals surface area contributed by atoms with Crippen LogP contribution >= 0.6 is 11.5 Å². The maximum Gasteiger partial charge on any atom is 0.205 e. The Hall–Kier alpha value is -1.46. The molecular weight excluding hydrogens is 270 g/mol. The second kappa shape index (κ2) is 6.33. The molecule has 0 spiro atoms. The second-order valence-electron chi connectivity index (χ2n) is 5.15. The SMILES string of the molecule is COCC1CCN(c2nc(-c3ccccc3)ns2)CC1. The molecule has 5 heteroatoms. The summed E-state index contributed by atoms with van der Waals surface area (Å²) in [4.78, 5) is 7.02. The Balaban J connectivity index is 1.66. The number of nitrogens with zero attached hydrogens (tertiary/aromatic N) is 3. The molecular formula is C15H19N3OS. The van der Waals surface area contributed by atoms with Crippen LogP contribution in [0.1, 0.15) is 12.8 Å². The van der Waals surface area contributed by atoms with Crippen LogP contribution in [0.25, 0.3) is 11.4 Å². The fraction of sp³-hybridized carbons (Fsp3) is 0.467. The number of aromatic nitrogens is 2. The summed E-state index contributed by atoms with van der Waals surface area (Å²) in [6, 6.07) is 10.2. The molecule has 0 unspecified atom stereocenters. The van der Waals surface area contributed by atoms with Gasteiger partial charge in [0, 0.05) is 43.9 Å². The highest BCUT2D eigenvalue weighted by Crippen LogP contribution is 2.27. The first kappa shape index (κ1) is 13.5. The maximum absolute atomic E-state index is 5.24. The highest BCUT2D eigenvalue weighted by molar-refractivity contribution is 7.09. The topological polar surface area (TPSA) is 38.2 Å². The Kier molecular flexibility index (Phi) is 4.28. The molecule has 2 aromatic rings. The van der Waals surface area contributed by atoms with Crippen molar-refractivity contribution in [3.05, 3.63) is 30.3 Å². The van der Waals surface area contributed by atoms with E-state index in [2.05, 4.69) is 26.4 Å². The van der Waals surface area contributed by atoms with E-state index in [9.17, 15) is 0 Å². The molecule has 0 radical (unpaired) electrons. The van der Waals surface area contributed by atoms with Crippen LogP contribution in [0, 0.1) is 5.92 Å². The van der Waals surface area contributed by atoms with Crippen molar-refractivity contribution in [1.82, 2.24) is 9.36 Å². The number of rotatable bonds is 4. The lowest BCUT2D eigenvalue weighted by Crippen LogP contribution is -2.34. The predicted molar refractivity (Wildman–Crippen MR) is 82.2 cm³/mol. The number of anilines is 1. The molecule has 0 atom stereocenters. The predicted octanol–water partition coefficient (Wildman–Crippen LogP) is 3.07. The number of hydrogen-bond donors (Lipinski definition) is 0. The quantitative estimate of drug-likeness (QED) is 0.867. The molecule has 1 aliphatic rings. The van der Waals surface area contributed by atoms with Gasteiger partial charge in [0.1, 0.15) is 0 Å². The first-order valence-electron chi connectivity index (χ1n) is 7.00. The molecule has 0 amide bonds. The van der Waals surface area contributed by atoms with E-state index in [4.69, 9.17) is 4.74 Å². The summed E-state index contributed by atoms with van der Waals surface area (Å²) in [6.07, 6.45) is 2.35. The molecule has 106 valence electrons. The maximum atomic E-state index is 5.24. The zero-order chi connectivity index (χ0) is 13.8. The van der Waals surface area contributed by atoms with Crippen LogP contribution in [0.4, 0.5) is 5.13 Å². The molecule has 0 N–H and O–H groups in total. The van der Waals surface area contributed by atoms with E-state index in [0.29, 0.717) is 5.92 Å². The van der Waals surface area contributed by atoms with Crippen molar-refractivity contribution in [1.29, 1.82) is 0 Å². The van der Waals surface area contributed by atoms with Gasteiger partial charge in [-0.05, 0) is 18.8 Å². The summed E-state index contributed by atoms with van der Waals surface area (Å²) in [7, 11) is 1.78. The van der Waals surface area contributed by atoms with Crippen LogP contribution < -0.4 is 4.90 Å². The van der Waals surface area contributed by atoms with Crippen LogP contribution in [0.2, 0.25) is 0 Å². The average Bonchev–Trinajstić information content (AvgIpc) is 2.99. The minimum Gasteiger partial charge on any atom is -0.384 e. The van der Waals surface area contributed by atoms with Crippen molar-refractivity contribution in [2.24, 2.45) is 5.92 Å². The summed E-state index contributed by atoms with van der Waals surface area (Å²) >= 11 is 1.50. The third-order valence-corrected chi connectivity index (χ3v) is 4.51. The van der Waals surface area contributed by atoms with Crippen molar-refractivity contribution < 1.29 is 4.74 Å². The molecule has 20 heavy (non-hydrogen) atoms. The number of benzene rings is 1. The zero-order valence-electron chi connectivity index (χ0n) is 11.7. The summed E-state index contributed by atoms with van der Waals surface area (Å²) in [5.74, 6) is 1.53. The first-order chi connectivity index (χ1) is 9.86. The monoisotopic (exact) mass is 289 g/mol. The van der Waals surface area contributed by atoms with Crippen LogP contribution in [0.3, 0.4) is 0 Å². The van der Waals surface area contributed by atoms with E-state index in [1.54, 1.807) is 7.11 Å². The van der Waals surface area contributed by atoms with Crippen molar-refractivity contribution in [2.75, 3.05) is 31.7 Å². The number of hydrogen-bond acceptors (Lipinski definition) is 5. The molecule has 4 nitrogen and oxygen atoms in total. The van der Waals surface area contributed by atoms with Gasteiger partial charge >= 0.3 is 0 Å². The highest BCUT2D eigenvalue weighted by Gasteiger charge is 2.21. The number of piperidine rings is 1. The average molecular weight is 289 g/mol. The molecule has 0 aliphatic carbocycles. The molecule has 1 aromatic heterocycles. The van der Waals surface area contributed by atoms with E-state index in [-0.39, 0.29) is 0 Å². The molecule has 1 fully saturated rings. The van der Waals surface area contributed by atoms with Gasteiger partial charge in [-0.3, -0.25) is 0 Å². The van der Waals surface area contributed by atoms with Gasteiger partial charge in [-0.2, -0.15) is 9.36 Å². The van der Waals surface area contributed by atoms with Gasteiger partial charge in [-0.25, -0.2) is 0 Å². The molecule has 3 rings (SSSR count). The van der Waals surface area contributed by atoms with Gasteiger partial charge in [-0.15, -0.1) is 0 Å². The molecule has 1 aliphatic heterocycles. The lowest BCUT2D eigenvalue weighted by Gasteiger charge is -2.30. The van der Waals surface area contributed by atoms with E-state index in [1.807, 2.05) is 18.2 Å². The van der Waals surface area contributed by atoms with Crippen molar-refractivity contribution in [3.8, 4) is 11.4 Å². The normalized spacial score (nSPS) is 16.6. The Labute approximate surface area is 123 Å². The van der Waals surface area contributed by atoms with Crippen LogP contribution in [-0.2, 0) is 4.74 Å². The first-order valence-corrected chi connectivity index (χ1v) is 7.77. The Morgan fingerprint density at radius 1 is 1.25 bits per heavy atom. The molecule has 0 saturated carbocycles. The Morgan fingerprint density at radius 3 is 2.70 bits per heavy atom. The largest absolute Gasteiger partial charge is 0.384 e. The van der Waals surface area contributed by atoms with Gasteiger partial charge in [0.05, 0.1) is 0 Å². The summed E-state index contributed by atoms with van der Waals surface area (Å²) < 4.78 is 9.72. The Bertz CT molecular complexity index is 535. The van der Waals surface area contributed by atoms with E-state index < -0.39 is 0 Å². The standard InChI is InChI=1S/C15H19N3OS/c1-19-11-12-7-9-18(10-8-12)15-16-14(17-20-15)13-5-3-2-4-6-13/h2-6,12H,7-11H2,1H3. The van der Waals surface area contributed by atoms with Gasteiger partial charge in [-0.1, -0.05) is 30.3 Å².